The molecule has 3 aromatic carbocycles. The lowest BCUT2D eigenvalue weighted by Gasteiger charge is -2.10. The van der Waals surface area contributed by atoms with Crippen LogP contribution in [0.4, 0.5) is 0 Å². The smallest absolute Gasteiger partial charge is 0.296 e. The van der Waals surface area contributed by atoms with E-state index < -0.39 is 10.1 Å². The van der Waals surface area contributed by atoms with E-state index in [1.165, 1.54) is 6.07 Å². The van der Waals surface area contributed by atoms with E-state index in [2.05, 4.69) is 9.97 Å². The van der Waals surface area contributed by atoms with Crippen LogP contribution in [-0.2, 0) is 10.1 Å². The van der Waals surface area contributed by atoms with Gasteiger partial charge in [-0.15, -0.1) is 0 Å². The van der Waals surface area contributed by atoms with Crippen molar-refractivity contribution < 1.29 is 13.0 Å². The second kappa shape index (κ2) is 6.01. The van der Waals surface area contributed by atoms with Crippen molar-refractivity contribution in [1.29, 1.82) is 0 Å². The van der Waals surface area contributed by atoms with Crippen LogP contribution in [0.25, 0.3) is 43.6 Å². The molecule has 5 aromatic rings. The number of nitrogens with one attached hydrogen (secondary N) is 2. The Morgan fingerprint density at radius 3 is 1.93 bits per heavy atom. The molecule has 0 aliphatic carbocycles. The second-order valence-electron chi connectivity index (χ2n) is 7.56. The lowest BCUT2D eigenvalue weighted by Crippen LogP contribution is -2.10. The first kappa shape index (κ1) is 18.5. The molecule has 0 amide bonds. The average Bonchev–Trinajstić information content (AvgIpc) is 2.68. The van der Waals surface area contributed by atoms with Crippen molar-refractivity contribution in [2.75, 3.05) is 0 Å². The molecule has 0 saturated heterocycles. The van der Waals surface area contributed by atoms with Crippen molar-refractivity contribution in [3.05, 3.63) is 74.0 Å². The van der Waals surface area contributed by atoms with Gasteiger partial charge in [0.1, 0.15) is 4.90 Å². The van der Waals surface area contributed by atoms with E-state index in [-0.39, 0.29) is 26.7 Å². The topological polar surface area (TPSA) is 120 Å². The highest BCUT2D eigenvalue weighted by Crippen LogP contribution is 2.26. The molecule has 0 radical (unpaired) electrons. The zero-order valence-corrected chi connectivity index (χ0v) is 16.8. The number of pyridine rings is 2. The summed E-state index contributed by atoms with van der Waals surface area (Å²) in [6.07, 6.45) is 0. The average molecular weight is 420 g/mol. The van der Waals surface area contributed by atoms with Crippen LogP contribution in [0.2, 0.25) is 0 Å². The molecule has 2 aromatic heterocycles. The molecule has 3 N–H and O–H groups in total. The van der Waals surface area contributed by atoms with Crippen LogP contribution in [0.15, 0.2) is 56.9 Å². The first-order valence-electron chi connectivity index (χ1n) is 9.18. The maximum atomic E-state index is 13.2. The van der Waals surface area contributed by atoms with Crippen molar-refractivity contribution in [2.45, 2.75) is 18.7 Å². The van der Waals surface area contributed by atoms with Gasteiger partial charge in [0.25, 0.3) is 10.1 Å². The molecule has 0 bridgehead atoms. The van der Waals surface area contributed by atoms with Gasteiger partial charge in [0.15, 0.2) is 10.9 Å². The summed E-state index contributed by atoms with van der Waals surface area (Å²) in [6, 6.07) is 11.5. The Bertz CT molecular complexity index is 1780. The molecule has 0 aliphatic heterocycles. The summed E-state index contributed by atoms with van der Waals surface area (Å²) in [7, 11) is -4.56. The van der Waals surface area contributed by atoms with Gasteiger partial charge in [-0.2, -0.15) is 8.42 Å². The van der Waals surface area contributed by atoms with Gasteiger partial charge in [-0.25, -0.2) is 0 Å². The Hall–Kier alpha value is -3.49. The predicted molar refractivity (Wildman–Crippen MR) is 117 cm³/mol. The van der Waals surface area contributed by atoms with Gasteiger partial charge < -0.3 is 9.97 Å². The summed E-state index contributed by atoms with van der Waals surface area (Å²) in [5.74, 6) is 0. The highest BCUT2D eigenvalue weighted by molar-refractivity contribution is 7.86. The SMILES string of the molecule is Cc1ccc2[nH]c3cc4c(=O)c5cc(C)cc(S(=O)(=O)O)c5[nH]c4cc3c(=O)c2c1. The van der Waals surface area contributed by atoms with Crippen molar-refractivity contribution in [1.82, 2.24) is 9.97 Å². The maximum Gasteiger partial charge on any atom is 0.296 e. The van der Waals surface area contributed by atoms with Gasteiger partial charge in [0.05, 0.1) is 16.6 Å². The highest BCUT2D eigenvalue weighted by Gasteiger charge is 2.19. The van der Waals surface area contributed by atoms with Crippen LogP contribution >= 0.6 is 0 Å². The maximum absolute atomic E-state index is 13.2. The molecule has 150 valence electrons. The van der Waals surface area contributed by atoms with E-state index >= 15 is 0 Å². The summed E-state index contributed by atoms with van der Waals surface area (Å²) < 4.78 is 33.4. The van der Waals surface area contributed by atoms with Gasteiger partial charge in [0.2, 0.25) is 0 Å². The molecule has 0 unspecified atom stereocenters. The van der Waals surface area contributed by atoms with E-state index in [0.29, 0.717) is 38.3 Å². The summed E-state index contributed by atoms with van der Waals surface area (Å²) in [5.41, 5.74) is 2.38. The Kier molecular flexibility index (Phi) is 3.71. The number of aryl methyl sites for hydroxylation is 2. The molecule has 0 atom stereocenters. The molecule has 0 aliphatic rings. The first-order chi connectivity index (χ1) is 14.1. The zero-order chi connectivity index (χ0) is 21.4. The molecule has 0 fully saturated rings. The Morgan fingerprint density at radius 1 is 0.700 bits per heavy atom. The molecular formula is C22H16N2O5S. The fourth-order valence-electron chi connectivity index (χ4n) is 3.97. The number of aromatic nitrogens is 2. The molecule has 0 spiro atoms. The number of H-pyrrole nitrogens is 2. The lowest BCUT2D eigenvalue weighted by molar-refractivity contribution is 0.484. The number of hydrogen-bond acceptors (Lipinski definition) is 4. The van der Waals surface area contributed by atoms with E-state index in [9.17, 15) is 22.6 Å². The third kappa shape index (κ3) is 2.65. The Balaban J connectivity index is 2.01. The number of fused-ring (bicyclic) bond motifs is 4. The Morgan fingerprint density at radius 2 is 1.27 bits per heavy atom. The van der Waals surface area contributed by atoms with Gasteiger partial charge in [-0.1, -0.05) is 11.6 Å². The normalized spacial score (nSPS) is 12.4. The Labute approximate surface area is 169 Å². The summed E-state index contributed by atoms with van der Waals surface area (Å²) >= 11 is 0. The van der Waals surface area contributed by atoms with Crippen LogP contribution in [0.1, 0.15) is 11.1 Å². The van der Waals surface area contributed by atoms with Gasteiger partial charge >= 0.3 is 0 Å². The standard InChI is InChI=1S/C22H16N2O5S/c1-10-3-4-16-12(5-10)21(25)13-9-18-14(8-17(13)23-16)22(26)15-6-11(2)7-19(20(15)24-18)30(27,28)29/h3-9H,1-2H3,(H,23,25)(H,24,26)(H,27,28,29). The first-order valence-corrected chi connectivity index (χ1v) is 10.6. The monoisotopic (exact) mass is 420 g/mol. The largest absolute Gasteiger partial charge is 0.354 e. The van der Waals surface area contributed by atoms with Crippen molar-refractivity contribution in [2.24, 2.45) is 0 Å². The molecule has 5 rings (SSSR count). The fraction of sp³-hybridized carbons (Fsp3) is 0.0909. The number of benzene rings is 3. The summed E-state index contributed by atoms with van der Waals surface area (Å²) in [6.45, 7) is 3.54. The molecular weight excluding hydrogens is 404 g/mol. The van der Waals surface area contributed by atoms with Crippen molar-refractivity contribution >= 4 is 53.7 Å². The number of rotatable bonds is 1. The molecule has 8 heteroatoms. The molecule has 0 saturated carbocycles. The van der Waals surface area contributed by atoms with Gasteiger partial charge in [-0.3, -0.25) is 14.1 Å². The minimum atomic E-state index is -4.56. The van der Waals surface area contributed by atoms with Crippen LogP contribution < -0.4 is 10.9 Å². The quantitative estimate of drug-likeness (QED) is 0.283. The van der Waals surface area contributed by atoms with Crippen molar-refractivity contribution in [3.63, 3.8) is 0 Å². The highest BCUT2D eigenvalue weighted by atomic mass is 32.2. The minimum Gasteiger partial charge on any atom is -0.354 e. The fourth-order valence-corrected chi connectivity index (χ4v) is 4.73. The lowest BCUT2D eigenvalue weighted by atomic mass is 10.0. The van der Waals surface area contributed by atoms with Crippen LogP contribution in [0, 0.1) is 13.8 Å². The van der Waals surface area contributed by atoms with E-state index in [4.69, 9.17) is 0 Å². The van der Waals surface area contributed by atoms with E-state index in [0.717, 1.165) is 5.56 Å². The molecule has 7 nitrogen and oxygen atoms in total. The number of hydrogen-bond donors (Lipinski definition) is 3. The van der Waals surface area contributed by atoms with Crippen LogP contribution in [-0.4, -0.2) is 22.9 Å². The second-order valence-corrected chi connectivity index (χ2v) is 8.95. The predicted octanol–water partition coefficient (Wildman–Crippen LogP) is 3.54. The summed E-state index contributed by atoms with van der Waals surface area (Å²) in [5, 5.41) is 1.35. The summed E-state index contributed by atoms with van der Waals surface area (Å²) in [4.78, 5) is 32.0. The van der Waals surface area contributed by atoms with Crippen LogP contribution in [0.5, 0.6) is 0 Å². The van der Waals surface area contributed by atoms with Crippen molar-refractivity contribution in [3.8, 4) is 0 Å². The third-order valence-corrected chi connectivity index (χ3v) is 6.24. The van der Waals surface area contributed by atoms with Gasteiger partial charge in [-0.05, 0) is 55.8 Å². The zero-order valence-electron chi connectivity index (χ0n) is 16.0. The molecule has 30 heavy (non-hydrogen) atoms. The third-order valence-electron chi connectivity index (χ3n) is 5.36. The minimum absolute atomic E-state index is 0.00742. The van der Waals surface area contributed by atoms with E-state index in [1.54, 1.807) is 31.2 Å². The van der Waals surface area contributed by atoms with E-state index in [1.807, 2.05) is 19.1 Å². The van der Waals surface area contributed by atoms with Crippen LogP contribution in [0.3, 0.4) is 0 Å². The number of aromatic amines is 2. The molecule has 2 heterocycles. The van der Waals surface area contributed by atoms with Gasteiger partial charge in [0, 0.05) is 27.1 Å².